The fraction of sp³-hybridized carbons (Fsp3) is 0.250. The topological polar surface area (TPSA) is 34.0 Å². The summed E-state index contributed by atoms with van der Waals surface area (Å²) in [4.78, 5) is 0. The Morgan fingerprint density at radius 3 is 2.45 bits per heavy atom. The van der Waals surface area contributed by atoms with Crippen LogP contribution in [-0.2, 0) is 6.54 Å². The Balaban J connectivity index is 1.93. The SMILES string of the molecule is CC(C)Oc1ccccc1CN=N[Si]c1ccccc1. The fourth-order valence-corrected chi connectivity index (χ4v) is 2.32. The zero-order valence-corrected chi connectivity index (χ0v) is 12.8. The van der Waals surface area contributed by atoms with E-state index in [4.69, 9.17) is 4.74 Å². The van der Waals surface area contributed by atoms with Gasteiger partial charge in [0.15, 0.2) is 0 Å². The van der Waals surface area contributed by atoms with Gasteiger partial charge in [-0.1, -0.05) is 48.5 Å². The molecule has 2 rings (SSSR count). The van der Waals surface area contributed by atoms with Crippen LogP contribution in [0.4, 0.5) is 0 Å². The first-order valence-electron chi connectivity index (χ1n) is 6.68. The van der Waals surface area contributed by atoms with Crippen molar-refractivity contribution in [3.63, 3.8) is 0 Å². The van der Waals surface area contributed by atoms with Crippen LogP contribution < -0.4 is 9.92 Å². The molecule has 2 aromatic rings. The Hall–Kier alpha value is -1.94. The summed E-state index contributed by atoms with van der Waals surface area (Å²) in [6.45, 7) is 4.60. The van der Waals surface area contributed by atoms with Crippen molar-refractivity contribution < 1.29 is 4.74 Å². The van der Waals surface area contributed by atoms with Crippen LogP contribution in [0.25, 0.3) is 0 Å². The second kappa shape index (κ2) is 7.60. The van der Waals surface area contributed by atoms with Crippen LogP contribution in [0.5, 0.6) is 5.75 Å². The normalized spacial score (nSPS) is 11.2. The first-order chi connectivity index (χ1) is 9.75. The maximum absolute atomic E-state index is 5.76. The standard InChI is InChI=1S/C16H18N2OSi/c1-13(2)19-16-11-7-6-8-14(16)12-17-18-20-15-9-4-3-5-10-15/h3-11,13H,12H2,1-2H3. The summed E-state index contributed by atoms with van der Waals surface area (Å²) in [5.74, 6) is 0.893. The van der Waals surface area contributed by atoms with Crippen molar-refractivity contribution in [2.75, 3.05) is 0 Å². The van der Waals surface area contributed by atoms with E-state index in [1.807, 2.05) is 56.3 Å². The van der Waals surface area contributed by atoms with E-state index in [1.165, 1.54) is 5.19 Å². The highest BCUT2D eigenvalue weighted by molar-refractivity contribution is 6.51. The van der Waals surface area contributed by atoms with Crippen molar-refractivity contribution in [3.05, 3.63) is 60.2 Å². The van der Waals surface area contributed by atoms with E-state index in [0.717, 1.165) is 11.3 Å². The molecule has 0 aromatic heterocycles. The molecule has 0 heterocycles. The third kappa shape index (κ3) is 4.62. The molecule has 0 aliphatic carbocycles. The lowest BCUT2D eigenvalue weighted by molar-refractivity contribution is 0.240. The number of hydrogen-bond donors (Lipinski definition) is 0. The van der Waals surface area contributed by atoms with Crippen LogP contribution in [0.1, 0.15) is 19.4 Å². The number of para-hydroxylation sites is 1. The molecule has 0 aliphatic heterocycles. The van der Waals surface area contributed by atoms with E-state index < -0.39 is 0 Å². The zero-order valence-electron chi connectivity index (χ0n) is 11.8. The predicted octanol–water partition coefficient (Wildman–Crippen LogP) is 3.37. The molecular weight excluding hydrogens is 264 g/mol. The van der Waals surface area contributed by atoms with Gasteiger partial charge < -0.3 is 4.74 Å². The van der Waals surface area contributed by atoms with Gasteiger partial charge in [0.1, 0.15) is 5.75 Å². The molecule has 0 amide bonds. The van der Waals surface area contributed by atoms with Crippen LogP contribution in [-0.4, -0.2) is 15.8 Å². The highest BCUT2D eigenvalue weighted by Gasteiger charge is 2.03. The van der Waals surface area contributed by atoms with Gasteiger partial charge in [0, 0.05) is 5.56 Å². The molecule has 20 heavy (non-hydrogen) atoms. The van der Waals surface area contributed by atoms with Crippen molar-refractivity contribution in [1.82, 2.24) is 0 Å². The van der Waals surface area contributed by atoms with Gasteiger partial charge >= 0.3 is 0 Å². The monoisotopic (exact) mass is 282 g/mol. The minimum absolute atomic E-state index is 0.166. The van der Waals surface area contributed by atoms with Crippen molar-refractivity contribution in [3.8, 4) is 5.75 Å². The molecule has 3 nitrogen and oxygen atoms in total. The molecular formula is C16H18N2OSi. The lowest BCUT2D eigenvalue weighted by atomic mass is 10.2. The Bertz CT molecular complexity index is 555. The molecule has 4 heteroatoms. The van der Waals surface area contributed by atoms with E-state index in [0.29, 0.717) is 16.2 Å². The van der Waals surface area contributed by atoms with Gasteiger partial charge in [-0.25, -0.2) is 4.78 Å². The second-order valence-electron chi connectivity index (χ2n) is 4.65. The van der Waals surface area contributed by atoms with Gasteiger partial charge in [-0.05, 0) is 25.1 Å². The van der Waals surface area contributed by atoms with E-state index in [-0.39, 0.29) is 6.10 Å². The number of hydrogen-bond acceptors (Lipinski definition) is 3. The average Bonchev–Trinajstić information content (AvgIpc) is 2.46. The molecule has 2 radical (unpaired) electrons. The van der Waals surface area contributed by atoms with Crippen molar-refractivity contribution >= 4 is 14.9 Å². The molecule has 2 aromatic carbocycles. The van der Waals surface area contributed by atoms with Crippen molar-refractivity contribution in [1.29, 1.82) is 0 Å². The molecule has 0 aliphatic rings. The van der Waals surface area contributed by atoms with Crippen LogP contribution in [0, 0.1) is 0 Å². The van der Waals surface area contributed by atoms with E-state index >= 15 is 0 Å². The van der Waals surface area contributed by atoms with Gasteiger partial charge in [0.25, 0.3) is 9.68 Å². The summed E-state index contributed by atoms with van der Waals surface area (Å²) in [5, 5.41) is 5.46. The summed E-state index contributed by atoms with van der Waals surface area (Å²) >= 11 is 0. The van der Waals surface area contributed by atoms with Gasteiger partial charge in [0.05, 0.1) is 12.6 Å². The second-order valence-corrected chi connectivity index (χ2v) is 5.65. The third-order valence-electron chi connectivity index (χ3n) is 2.60. The summed E-state index contributed by atoms with van der Waals surface area (Å²) in [6.07, 6.45) is 0.166. The summed E-state index contributed by atoms with van der Waals surface area (Å²) < 4.78 is 10.0. The average molecular weight is 282 g/mol. The summed E-state index contributed by atoms with van der Waals surface area (Å²) in [5.41, 5.74) is 1.07. The molecule has 0 saturated heterocycles. The zero-order chi connectivity index (χ0) is 14.2. The smallest absolute Gasteiger partial charge is 0.280 e. The minimum atomic E-state index is 0.166. The maximum Gasteiger partial charge on any atom is 0.280 e. The van der Waals surface area contributed by atoms with Crippen molar-refractivity contribution in [2.24, 2.45) is 9.89 Å². The number of nitrogens with zero attached hydrogens (tertiary/aromatic N) is 2. The van der Waals surface area contributed by atoms with Crippen LogP contribution in [0.2, 0.25) is 0 Å². The van der Waals surface area contributed by atoms with Gasteiger partial charge in [-0.3, -0.25) is 0 Å². The van der Waals surface area contributed by atoms with E-state index in [1.54, 1.807) is 0 Å². The highest BCUT2D eigenvalue weighted by Crippen LogP contribution is 2.20. The molecule has 0 unspecified atom stereocenters. The van der Waals surface area contributed by atoms with Crippen molar-refractivity contribution in [2.45, 2.75) is 26.5 Å². The Morgan fingerprint density at radius 2 is 1.70 bits per heavy atom. The molecule has 0 bridgehead atoms. The molecule has 102 valence electrons. The van der Waals surface area contributed by atoms with Crippen LogP contribution in [0.3, 0.4) is 0 Å². The number of rotatable bonds is 6. The van der Waals surface area contributed by atoms with Crippen LogP contribution in [0.15, 0.2) is 64.5 Å². The molecule has 0 fully saturated rings. The number of benzene rings is 2. The first-order valence-corrected chi connectivity index (χ1v) is 7.62. The first kappa shape index (κ1) is 14.5. The largest absolute Gasteiger partial charge is 0.491 e. The molecule has 0 atom stereocenters. The quantitative estimate of drug-likeness (QED) is 0.591. The lowest BCUT2D eigenvalue weighted by Gasteiger charge is -2.12. The maximum atomic E-state index is 5.76. The predicted molar refractivity (Wildman–Crippen MR) is 82.6 cm³/mol. The van der Waals surface area contributed by atoms with E-state index in [2.05, 4.69) is 22.0 Å². The summed E-state index contributed by atoms with van der Waals surface area (Å²) in [6, 6.07) is 18.1. The molecule has 0 N–H and O–H groups in total. The Kier molecular flexibility index (Phi) is 5.50. The molecule has 0 spiro atoms. The van der Waals surface area contributed by atoms with Gasteiger partial charge in [-0.15, -0.1) is 0 Å². The lowest BCUT2D eigenvalue weighted by Crippen LogP contribution is -2.10. The Labute approximate surface area is 122 Å². The highest BCUT2D eigenvalue weighted by atomic mass is 28.2. The fourth-order valence-electron chi connectivity index (χ4n) is 1.72. The molecule has 0 saturated carbocycles. The van der Waals surface area contributed by atoms with Crippen LogP contribution >= 0.6 is 0 Å². The third-order valence-corrected chi connectivity index (χ3v) is 3.43. The summed E-state index contributed by atoms with van der Waals surface area (Å²) in [7, 11) is 0.366. The van der Waals surface area contributed by atoms with E-state index in [9.17, 15) is 0 Å². The van der Waals surface area contributed by atoms with Gasteiger partial charge in [0.2, 0.25) is 0 Å². The Morgan fingerprint density at radius 1 is 1.00 bits per heavy atom. The minimum Gasteiger partial charge on any atom is -0.491 e. The number of ether oxygens (including phenoxy) is 1. The van der Waals surface area contributed by atoms with Gasteiger partial charge in [-0.2, -0.15) is 5.11 Å².